The number of hydrogen-bond acceptors (Lipinski definition) is 4. The molecule has 1 unspecified atom stereocenters. The van der Waals surface area contributed by atoms with Gasteiger partial charge in [-0.25, -0.2) is 0 Å². The van der Waals surface area contributed by atoms with Crippen molar-refractivity contribution in [1.82, 2.24) is 15.2 Å². The lowest BCUT2D eigenvalue weighted by Gasteiger charge is -2.28. The van der Waals surface area contributed by atoms with Gasteiger partial charge in [0.2, 0.25) is 11.8 Å². The third-order valence-corrected chi connectivity index (χ3v) is 6.53. The number of thiophene rings is 1. The molecule has 3 aromatic rings. The number of nitrogens with zero attached hydrogens (tertiary/aromatic N) is 2. The van der Waals surface area contributed by atoms with Crippen LogP contribution in [0.3, 0.4) is 0 Å². The molecule has 2 aromatic heterocycles. The second-order valence-electron chi connectivity index (χ2n) is 7.85. The molecule has 3 heterocycles. The average molecular weight is 420 g/mol. The SMILES string of the molecule is CNC(=O)C1(Cc2ccc(-c3ccsc3)cc2)CCN(C(=O)Cc2cccnc2)C1. The van der Waals surface area contributed by atoms with Crippen LogP contribution in [-0.4, -0.2) is 41.8 Å². The Morgan fingerprint density at radius 2 is 1.97 bits per heavy atom. The van der Waals surface area contributed by atoms with E-state index >= 15 is 0 Å². The third kappa shape index (κ3) is 4.28. The zero-order chi connectivity index (χ0) is 21.0. The van der Waals surface area contributed by atoms with Crippen molar-refractivity contribution in [3.05, 3.63) is 76.7 Å². The molecular formula is C24H25N3O2S. The van der Waals surface area contributed by atoms with Crippen LogP contribution in [0.1, 0.15) is 17.5 Å². The van der Waals surface area contributed by atoms with Gasteiger partial charge in [0.1, 0.15) is 0 Å². The van der Waals surface area contributed by atoms with Gasteiger partial charge in [-0.05, 0) is 58.0 Å². The zero-order valence-corrected chi connectivity index (χ0v) is 17.8. The fourth-order valence-corrected chi connectivity index (χ4v) is 4.85. The molecule has 1 aliphatic heterocycles. The Morgan fingerprint density at radius 1 is 1.13 bits per heavy atom. The summed E-state index contributed by atoms with van der Waals surface area (Å²) in [5.41, 5.74) is 3.79. The summed E-state index contributed by atoms with van der Waals surface area (Å²) in [5, 5.41) is 7.02. The number of pyridine rings is 1. The molecule has 0 aliphatic carbocycles. The molecule has 1 aromatic carbocycles. The van der Waals surface area contributed by atoms with Gasteiger partial charge in [-0.2, -0.15) is 11.3 Å². The molecule has 30 heavy (non-hydrogen) atoms. The monoisotopic (exact) mass is 419 g/mol. The number of amides is 2. The minimum Gasteiger partial charge on any atom is -0.359 e. The highest BCUT2D eigenvalue weighted by atomic mass is 32.1. The summed E-state index contributed by atoms with van der Waals surface area (Å²) in [6.07, 6.45) is 5.01. The summed E-state index contributed by atoms with van der Waals surface area (Å²) in [6, 6.07) is 14.2. The number of carbonyl (C=O) groups is 2. The topological polar surface area (TPSA) is 62.3 Å². The van der Waals surface area contributed by atoms with Gasteiger partial charge in [0, 0.05) is 32.5 Å². The van der Waals surface area contributed by atoms with Crippen LogP contribution in [0.2, 0.25) is 0 Å². The Kier molecular flexibility index (Phi) is 5.95. The van der Waals surface area contributed by atoms with Crippen molar-refractivity contribution in [3.8, 4) is 11.1 Å². The van der Waals surface area contributed by atoms with E-state index in [1.54, 1.807) is 30.8 Å². The first kappa shape index (κ1) is 20.3. The highest BCUT2D eigenvalue weighted by Crippen LogP contribution is 2.35. The molecule has 0 radical (unpaired) electrons. The molecule has 5 nitrogen and oxygen atoms in total. The molecule has 1 atom stereocenters. The van der Waals surface area contributed by atoms with E-state index in [2.05, 4.69) is 51.4 Å². The first-order valence-corrected chi connectivity index (χ1v) is 11.0. The minimum atomic E-state index is -0.594. The highest BCUT2D eigenvalue weighted by molar-refractivity contribution is 7.08. The van der Waals surface area contributed by atoms with E-state index in [1.165, 1.54) is 11.1 Å². The van der Waals surface area contributed by atoms with Gasteiger partial charge in [0.05, 0.1) is 11.8 Å². The predicted molar refractivity (Wildman–Crippen MR) is 119 cm³/mol. The van der Waals surface area contributed by atoms with E-state index in [0.717, 1.165) is 11.1 Å². The molecule has 1 saturated heterocycles. The molecule has 1 aliphatic rings. The van der Waals surface area contributed by atoms with Crippen LogP contribution in [0.15, 0.2) is 65.6 Å². The van der Waals surface area contributed by atoms with Crippen molar-refractivity contribution in [2.24, 2.45) is 5.41 Å². The normalized spacial score (nSPS) is 18.4. The first-order chi connectivity index (χ1) is 14.6. The predicted octanol–water partition coefficient (Wildman–Crippen LogP) is 3.56. The quantitative estimate of drug-likeness (QED) is 0.665. The summed E-state index contributed by atoms with van der Waals surface area (Å²) in [7, 11) is 1.67. The van der Waals surface area contributed by atoms with Crippen molar-refractivity contribution in [2.45, 2.75) is 19.3 Å². The van der Waals surface area contributed by atoms with Gasteiger partial charge in [-0.3, -0.25) is 14.6 Å². The number of hydrogen-bond donors (Lipinski definition) is 1. The van der Waals surface area contributed by atoms with Crippen molar-refractivity contribution >= 4 is 23.2 Å². The maximum absolute atomic E-state index is 12.9. The Labute approximate surface area is 180 Å². The molecular weight excluding hydrogens is 394 g/mol. The van der Waals surface area contributed by atoms with E-state index < -0.39 is 5.41 Å². The minimum absolute atomic E-state index is 0.00101. The summed E-state index contributed by atoms with van der Waals surface area (Å²) in [6.45, 7) is 1.04. The molecule has 2 amide bonds. The number of likely N-dealkylation sites (tertiary alicyclic amines) is 1. The maximum Gasteiger partial charge on any atom is 0.228 e. The van der Waals surface area contributed by atoms with Crippen LogP contribution in [0.4, 0.5) is 0 Å². The van der Waals surface area contributed by atoms with Gasteiger partial charge in [0.15, 0.2) is 0 Å². The zero-order valence-electron chi connectivity index (χ0n) is 17.0. The lowest BCUT2D eigenvalue weighted by molar-refractivity contribution is -0.132. The maximum atomic E-state index is 12.9. The van der Waals surface area contributed by atoms with Crippen LogP contribution in [-0.2, 0) is 22.4 Å². The van der Waals surface area contributed by atoms with E-state index in [0.29, 0.717) is 32.4 Å². The summed E-state index contributed by atoms with van der Waals surface area (Å²) >= 11 is 1.68. The van der Waals surface area contributed by atoms with E-state index in [1.807, 2.05) is 17.0 Å². The van der Waals surface area contributed by atoms with Crippen molar-refractivity contribution in [2.75, 3.05) is 20.1 Å². The summed E-state index contributed by atoms with van der Waals surface area (Å²) < 4.78 is 0. The van der Waals surface area contributed by atoms with Crippen LogP contribution >= 0.6 is 11.3 Å². The highest BCUT2D eigenvalue weighted by Gasteiger charge is 2.45. The average Bonchev–Trinajstić information content (AvgIpc) is 3.46. The Morgan fingerprint density at radius 3 is 2.63 bits per heavy atom. The second kappa shape index (κ2) is 8.79. The van der Waals surface area contributed by atoms with Crippen molar-refractivity contribution in [3.63, 3.8) is 0 Å². The Balaban J connectivity index is 1.48. The Hall–Kier alpha value is -2.99. The van der Waals surface area contributed by atoms with Crippen LogP contribution in [0.5, 0.6) is 0 Å². The number of benzene rings is 1. The molecule has 4 rings (SSSR count). The van der Waals surface area contributed by atoms with Gasteiger partial charge in [-0.15, -0.1) is 0 Å². The van der Waals surface area contributed by atoms with Crippen LogP contribution < -0.4 is 5.32 Å². The number of aromatic nitrogens is 1. The van der Waals surface area contributed by atoms with Crippen molar-refractivity contribution < 1.29 is 9.59 Å². The smallest absolute Gasteiger partial charge is 0.228 e. The van der Waals surface area contributed by atoms with Crippen molar-refractivity contribution in [1.29, 1.82) is 0 Å². The van der Waals surface area contributed by atoms with Gasteiger partial charge in [0.25, 0.3) is 0 Å². The second-order valence-corrected chi connectivity index (χ2v) is 8.63. The molecule has 154 valence electrons. The number of carbonyl (C=O) groups excluding carboxylic acids is 2. The fraction of sp³-hybridized carbons (Fsp3) is 0.292. The van der Waals surface area contributed by atoms with Crippen LogP contribution in [0.25, 0.3) is 11.1 Å². The molecule has 1 N–H and O–H groups in total. The lowest BCUT2D eigenvalue weighted by Crippen LogP contribution is -2.44. The van der Waals surface area contributed by atoms with Gasteiger partial charge in [-0.1, -0.05) is 30.3 Å². The first-order valence-electron chi connectivity index (χ1n) is 10.1. The van der Waals surface area contributed by atoms with E-state index in [-0.39, 0.29) is 11.8 Å². The Bertz CT molecular complexity index is 1000. The molecule has 1 fully saturated rings. The van der Waals surface area contributed by atoms with E-state index in [9.17, 15) is 9.59 Å². The summed E-state index contributed by atoms with van der Waals surface area (Å²) in [4.78, 5) is 31.6. The third-order valence-electron chi connectivity index (χ3n) is 5.84. The fourth-order valence-electron chi connectivity index (χ4n) is 4.18. The van der Waals surface area contributed by atoms with Crippen LogP contribution in [0, 0.1) is 5.41 Å². The van der Waals surface area contributed by atoms with Gasteiger partial charge >= 0.3 is 0 Å². The molecule has 0 spiro atoms. The molecule has 0 saturated carbocycles. The molecule has 6 heteroatoms. The van der Waals surface area contributed by atoms with Gasteiger partial charge < -0.3 is 10.2 Å². The number of nitrogens with one attached hydrogen (secondary N) is 1. The van der Waals surface area contributed by atoms with E-state index in [4.69, 9.17) is 0 Å². The lowest BCUT2D eigenvalue weighted by atomic mass is 9.79. The summed E-state index contributed by atoms with van der Waals surface area (Å²) in [5.74, 6) is 0.0441. The standard InChI is InChI=1S/C24H25N3O2S/c1-25-23(29)24(14-18-4-6-20(7-5-18)21-8-12-30-16-21)9-11-27(17-24)22(28)13-19-3-2-10-26-15-19/h2-8,10,12,15-16H,9,11,13-14,17H2,1H3,(H,25,29). The number of rotatable bonds is 6. The largest absolute Gasteiger partial charge is 0.359 e. The molecule has 0 bridgehead atoms.